The molecule has 0 aliphatic carbocycles. The molecule has 6 nitrogen and oxygen atoms in total. The second-order valence-electron chi connectivity index (χ2n) is 6.95. The van der Waals surface area contributed by atoms with E-state index >= 15 is 0 Å². The molecule has 0 spiro atoms. The molecule has 25 heavy (non-hydrogen) atoms. The molecule has 6 heteroatoms. The van der Waals surface area contributed by atoms with Gasteiger partial charge in [0.25, 0.3) is 0 Å². The van der Waals surface area contributed by atoms with E-state index in [1.165, 1.54) is 11.1 Å². The molecular formula is C19H28N4O2. The number of fused-ring (bicyclic) bond motifs is 1. The molecule has 136 valence electrons. The number of amides is 1. The van der Waals surface area contributed by atoms with Crippen LogP contribution in [0.15, 0.2) is 0 Å². The molecule has 3 rings (SSSR count). The van der Waals surface area contributed by atoms with Crippen LogP contribution < -0.4 is 0 Å². The summed E-state index contributed by atoms with van der Waals surface area (Å²) in [7, 11) is 1.92. The van der Waals surface area contributed by atoms with Crippen LogP contribution >= 0.6 is 0 Å². The van der Waals surface area contributed by atoms with Gasteiger partial charge in [0.15, 0.2) is 5.65 Å². The Hall–Kier alpha value is -1.95. The number of pyridine rings is 1. The maximum atomic E-state index is 12.6. The molecule has 1 fully saturated rings. The van der Waals surface area contributed by atoms with E-state index in [4.69, 9.17) is 9.72 Å². The van der Waals surface area contributed by atoms with Crippen LogP contribution in [-0.4, -0.2) is 51.4 Å². The van der Waals surface area contributed by atoms with Gasteiger partial charge in [-0.15, -0.1) is 0 Å². The molecule has 1 atom stereocenters. The van der Waals surface area contributed by atoms with E-state index in [1.54, 1.807) is 0 Å². The lowest BCUT2D eigenvalue weighted by atomic mass is 9.99. The third-order valence-electron chi connectivity index (χ3n) is 5.27. The van der Waals surface area contributed by atoms with Crippen LogP contribution in [0.3, 0.4) is 0 Å². The molecule has 0 saturated carbocycles. The Balaban J connectivity index is 1.77. The predicted molar refractivity (Wildman–Crippen MR) is 97.7 cm³/mol. The van der Waals surface area contributed by atoms with Crippen molar-refractivity contribution in [3.63, 3.8) is 0 Å². The van der Waals surface area contributed by atoms with Crippen LogP contribution in [0.4, 0.5) is 0 Å². The van der Waals surface area contributed by atoms with Gasteiger partial charge in [-0.25, -0.2) is 4.98 Å². The highest BCUT2D eigenvalue weighted by atomic mass is 16.5. The maximum absolute atomic E-state index is 12.6. The summed E-state index contributed by atoms with van der Waals surface area (Å²) in [6.45, 7) is 10.3. The first-order valence-electron chi connectivity index (χ1n) is 9.11. The number of aromatic nitrogens is 3. The molecular weight excluding hydrogens is 316 g/mol. The Labute approximate surface area is 149 Å². The van der Waals surface area contributed by atoms with Gasteiger partial charge >= 0.3 is 0 Å². The molecule has 0 aromatic carbocycles. The van der Waals surface area contributed by atoms with Crippen molar-refractivity contribution in [1.82, 2.24) is 19.7 Å². The zero-order valence-electron chi connectivity index (χ0n) is 15.9. The lowest BCUT2D eigenvalue weighted by Gasteiger charge is -2.32. The zero-order chi connectivity index (χ0) is 18.1. The molecule has 1 aliphatic rings. The zero-order valence-corrected chi connectivity index (χ0v) is 15.9. The number of hydrogen-bond donors (Lipinski definition) is 0. The highest BCUT2D eigenvalue weighted by Crippen LogP contribution is 2.26. The number of aryl methyl sites for hydroxylation is 4. The minimum absolute atomic E-state index is 0.178. The van der Waals surface area contributed by atoms with Crippen LogP contribution in [0, 0.1) is 20.8 Å². The van der Waals surface area contributed by atoms with Gasteiger partial charge in [0, 0.05) is 37.6 Å². The number of carbonyl (C=O) groups excluding carboxylic acids is 1. The topological polar surface area (TPSA) is 60.2 Å². The van der Waals surface area contributed by atoms with Crippen LogP contribution in [0.25, 0.3) is 11.0 Å². The molecule has 1 aliphatic heterocycles. The fourth-order valence-electron chi connectivity index (χ4n) is 3.81. The molecule has 0 unspecified atom stereocenters. The van der Waals surface area contributed by atoms with Crippen molar-refractivity contribution >= 4 is 16.9 Å². The number of morpholine rings is 1. The van der Waals surface area contributed by atoms with E-state index in [1.807, 2.05) is 30.5 Å². The molecule has 0 radical (unpaired) electrons. The van der Waals surface area contributed by atoms with Crippen molar-refractivity contribution in [3.05, 3.63) is 22.5 Å². The number of ether oxygens (including phenoxy) is 1. The van der Waals surface area contributed by atoms with Gasteiger partial charge in [-0.2, -0.15) is 5.10 Å². The number of nitrogens with zero attached hydrogens (tertiary/aromatic N) is 4. The third kappa shape index (κ3) is 3.40. The van der Waals surface area contributed by atoms with Gasteiger partial charge in [-0.3, -0.25) is 9.48 Å². The molecule has 1 saturated heterocycles. The molecule has 2 aromatic rings. The fourth-order valence-corrected chi connectivity index (χ4v) is 3.81. The van der Waals surface area contributed by atoms with E-state index in [2.05, 4.69) is 18.9 Å². The minimum Gasteiger partial charge on any atom is -0.375 e. The lowest BCUT2D eigenvalue weighted by molar-refractivity contribution is -0.138. The van der Waals surface area contributed by atoms with Crippen molar-refractivity contribution in [1.29, 1.82) is 0 Å². The van der Waals surface area contributed by atoms with Crippen molar-refractivity contribution in [2.75, 3.05) is 19.7 Å². The van der Waals surface area contributed by atoms with E-state index in [0.717, 1.165) is 35.3 Å². The summed E-state index contributed by atoms with van der Waals surface area (Å²) in [6.07, 6.45) is 2.37. The average molecular weight is 344 g/mol. The van der Waals surface area contributed by atoms with E-state index in [0.29, 0.717) is 26.1 Å². The average Bonchev–Trinajstić information content (AvgIpc) is 2.88. The summed E-state index contributed by atoms with van der Waals surface area (Å²) >= 11 is 0. The van der Waals surface area contributed by atoms with Gasteiger partial charge in [0.2, 0.25) is 5.91 Å². The second kappa shape index (κ2) is 7.12. The summed E-state index contributed by atoms with van der Waals surface area (Å²) in [5.41, 5.74) is 5.29. The smallest absolute Gasteiger partial charge is 0.223 e. The standard InChI is InChI=1S/C19H28N4O2/c1-6-15-11-23(9-10-25-15)17(24)8-7-16-12(2)18-14(4)21-22(5)19(18)20-13(16)3/h15H,6-11H2,1-5H3/t15-/m0/s1. The first-order valence-corrected chi connectivity index (χ1v) is 9.11. The van der Waals surface area contributed by atoms with Crippen LogP contribution in [0.1, 0.15) is 42.3 Å². The number of carbonyl (C=O) groups is 1. The van der Waals surface area contributed by atoms with E-state index in [-0.39, 0.29) is 12.0 Å². The van der Waals surface area contributed by atoms with Crippen molar-refractivity contribution < 1.29 is 9.53 Å². The highest BCUT2D eigenvalue weighted by Gasteiger charge is 2.23. The van der Waals surface area contributed by atoms with Crippen LogP contribution in [-0.2, 0) is 23.0 Å². The van der Waals surface area contributed by atoms with Gasteiger partial charge in [-0.05, 0) is 44.7 Å². The van der Waals surface area contributed by atoms with Gasteiger partial charge in [0.1, 0.15) is 0 Å². The number of hydrogen-bond acceptors (Lipinski definition) is 4. The SMILES string of the molecule is CC[C@H]1CN(C(=O)CCc2c(C)nc3c(c(C)nn3C)c2C)CCO1. The van der Waals surface area contributed by atoms with E-state index < -0.39 is 0 Å². The summed E-state index contributed by atoms with van der Waals surface area (Å²) in [5.74, 6) is 0.212. The van der Waals surface area contributed by atoms with Crippen LogP contribution in [0.2, 0.25) is 0 Å². The Morgan fingerprint density at radius 3 is 2.76 bits per heavy atom. The fraction of sp³-hybridized carbons (Fsp3) is 0.632. The minimum atomic E-state index is 0.178. The van der Waals surface area contributed by atoms with Gasteiger partial charge < -0.3 is 9.64 Å². The molecule has 3 heterocycles. The Morgan fingerprint density at radius 1 is 1.28 bits per heavy atom. The third-order valence-corrected chi connectivity index (χ3v) is 5.27. The van der Waals surface area contributed by atoms with Gasteiger partial charge in [0.05, 0.1) is 18.4 Å². The summed E-state index contributed by atoms with van der Waals surface area (Å²) in [6, 6.07) is 0. The Kier molecular flexibility index (Phi) is 5.08. The Bertz CT molecular complexity index is 797. The molecule has 0 bridgehead atoms. The molecule has 2 aromatic heterocycles. The lowest BCUT2D eigenvalue weighted by Crippen LogP contribution is -2.45. The monoisotopic (exact) mass is 344 g/mol. The number of rotatable bonds is 4. The first-order chi connectivity index (χ1) is 11.9. The molecule has 1 amide bonds. The van der Waals surface area contributed by atoms with Crippen molar-refractivity contribution in [2.24, 2.45) is 7.05 Å². The maximum Gasteiger partial charge on any atom is 0.223 e. The van der Waals surface area contributed by atoms with E-state index in [9.17, 15) is 4.79 Å². The summed E-state index contributed by atoms with van der Waals surface area (Å²) in [5, 5.41) is 5.60. The van der Waals surface area contributed by atoms with Gasteiger partial charge in [-0.1, -0.05) is 6.92 Å². The molecule has 0 N–H and O–H groups in total. The summed E-state index contributed by atoms with van der Waals surface area (Å²) in [4.78, 5) is 19.3. The Morgan fingerprint density at radius 2 is 2.04 bits per heavy atom. The van der Waals surface area contributed by atoms with Crippen molar-refractivity contribution in [3.8, 4) is 0 Å². The predicted octanol–water partition coefficient (Wildman–Crippen LogP) is 2.46. The van der Waals surface area contributed by atoms with Crippen molar-refractivity contribution in [2.45, 2.75) is 53.1 Å². The van der Waals surface area contributed by atoms with Crippen LogP contribution in [0.5, 0.6) is 0 Å². The largest absolute Gasteiger partial charge is 0.375 e. The normalized spacial score (nSPS) is 18.1. The summed E-state index contributed by atoms with van der Waals surface area (Å²) < 4.78 is 7.49. The first kappa shape index (κ1) is 17.9. The highest BCUT2D eigenvalue weighted by molar-refractivity contribution is 5.84. The second-order valence-corrected chi connectivity index (χ2v) is 6.95. The quantitative estimate of drug-likeness (QED) is 0.855.